The Bertz CT molecular complexity index is 1180. The summed E-state index contributed by atoms with van der Waals surface area (Å²) in [5.74, 6) is 1.82. The number of piperazine rings is 1. The maximum atomic E-state index is 12.5. The van der Waals surface area contributed by atoms with Crippen molar-refractivity contribution in [2.45, 2.75) is 44.7 Å². The predicted octanol–water partition coefficient (Wildman–Crippen LogP) is 5.42. The maximum absolute atomic E-state index is 12.5. The van der Waals surface area contributed by atoms with Gasteiger partial charge in [-0.05, 0) is 62.7 Å². The molecule has 1 aromatic carbocycles. The number of nitrogens with zero attached hydrogens (tertiary/aromatic N) is 5. The first-order chi connectivity index (χ1) is 18.0. The number of Topliss-reactive ketones (excluding diaryl/α,β-unsaturated/α-hetero) is 1. The smallest absolute Gasteiger partial charge is 0.164 e. The van der Waals surface area contributed by atoms with Crippen LogP contribution in [0, 0.1) is 0 Å². The number of imidazole rings is 1. The van der Waals surface area contributed by atoms with Crippen LogP contribution in [0.15, 0.2) is 48.9 Å². The first kappa shape index (κ1) is 26.2. The molecule has 0 radical (unpaired) electrons. The van der Waals surface area contributed by atoms with Crippen LogP contribution in [0.4, 0.5) is 5.82 Å². The first-order valence-corrected chi connectivity index (χ1v) is 13.9. The molecule has 0 spiro atoms. The molecule has 2 aliphatic heterocycles. The summed E-state index contributed by atoms with van der Waals surface area (Å²) < 4.78 is 0. The second-order valence-corrected chi connectivity index (χ2v) is 10.8. The lowest BCUT2D eigenvalue weighted by Gasteiger charge is -2.47. The lowest BCUT2D eigenvalue weighted by atomic mass is 9.97. The van der Waals surface area contributed by atoms with Gasteiger partial charge in [-0.25, -0.2) is 9.97 Å². The molecule has 0 aliphatic carbocycles. The Kier molecular flexibility index (Phi) is 8.45. The number of nitrogens with one attached hydrogen (secondary N) is 1. The van der Waals surface area contributed by atoms with E-state index in [9.17, 15) is 4.79 Å². The molecule has 2 saturated heterocycles. The van der Waals surface area contributed by atoms with E-state index in [0.29, 0.717) is 28.5 Å². The summed E-state index contributed by atoms with van der Waals surface area (Å²) in [6.07, 6.45) is 9.30. The lowest BCUT2D eigenvalue weighted by molar-refractivity contribution is 0.0618. The molecular weight excluding hydrogens is 507 g/mol. The molecule has 9 heteroatoms. The highest BCUT2D eigenvalue weighted by molar-refractivity contribution is 6.33. The summed E-state index contributed by atoms with van der Waals surface area (Å²) in [7, 11) is 0. The average molecular weight is 542 g/mol. The van der Waals surface area contributed by atoms with Crippen LogP contribution in [0.5, 0.6) is 0 Å². The number of rotatable bonds is 8. The maximum Gasteiger partial charge on any atom is 0.164 e. The topological polar surface area (TPSA) is 68.4 Å². The van der Waals surface area contributed by atoms with Crippen molar-refractivity contribution in [2.24, 2.45) is 0 Å². The van der Waals surface area contributed by atoms with Crippen LogP contribution >= 0.6 is 23.2 Å². The Morgan fingerprint density at radius 1 is 1.08 bits per heavy atom. The van der Waals surface area contributed by atoms with Gasteiger partial charge < -0.3 is 14.8 Å². The molecule has 0 saturated carbocycles. The van der Waals surface area contributed by atoms with Gasteiger partial charge in [0.25, 0.3) is 0 Å². The Hall–Kier alpha value is -2.45. The summed E-state index contributed by atoms with van der Waals surface area (Å²) in [5, 5.41) is 1.32. The van der Waals surface area contributed by atoms with Gasteiger partial charge in [0, 0.05) is 79.4 Å². The summed E-state index contributed by atoms with van der Waals surface area (Å²) in [5.41, 5.74) is 1.64. The van der Waals surface area contributed by atoms with Crippen molar-refractivity contribution >= 4 is 34.8 Å². The fourth-order valence-electron chi connectivity index (χ4n) is 5.64. The molecule has 0 unspecified atom stereocenters. The number of halogens is 2. The van der Waals surface area contributed by atoms with Gasteiger partial charge in [-0.3, -0.25) is 9.69 Å². The number of likely N-dealkylation sites (tertiary alicyclic amines) is 1. The normalized spacial score (nSPS) is 19.9. The SMILES string of the molecule is CC[C@H]1CN(c2ncc(-c3ncc[nH]3)cc2Cl)CCN1C1CCN(CCC(=O)c2ccc(Cl)cc2)CC1. The monoisotopic (exact) mass is 540 g/mol. The highest BCUT2D eigenvalue weighted by Crippen LogP contribution is 2.31. The zero-order chi connectivity index (χ0) is 25.8. The van der Waals surface area contributed by atoms with Gasteiger partial charge >= 0.3 is 0 Å². The number of H-pyrrole nitrogens is 1. The minimum Gasteiger partial charge on any atom is -0.353 e. The summed E-state index contributed by atoms with van der Waals surface area (Å²) in [6.45, 7) is 8.02. The molecule has 5 rings (SSSR count). The van der Waals surface area contributed by atoms with Crippen molar-refractivity contribution < 1.29 is 4.79 Å². The van der Waals surface area contributed by atoms with Gasteiger partial charge in [-0.15, -0.1) is 0 Å². The van der Waals surface area contributed by atoms with Gasteiger partial charge in [0.05, 0.1) is 5.02 Å². The molecule has 0 bridgehead atoms. The van der Waals surface area contributed by atoms with Crippen LogP contribution in [0.25, 0.3) is 11.4 Å². The number of benzene rings is 1. The second-order valence-electron chi connectivity index (χ2n) is 9.97. The predicted molar refractivity (Wildman–Crippen MR) is 150 cm³/mol. The minimum absolute atomic E-state index is 0.186. The van der Waals surface area contributed by atoms with Crippen LogP contribution in [-0.2, 0) is 0 Å². The standard InChI is InChI=1S/C28H34Cl2N6O/c1-2-23-19-35(28-25(30)17-21(18-33-28)27-31-10-11-32-27)15-16-36(23)24-7-12-34(13-8-24)14-9-26(37)20-3-5-22(29)6-4-20/h3-6,10-11,17-18,23-24H,2,7-9,12-16,19H2,1H3,(H,31,32)/t23-/m0/s1. The van der Waals surface area contributed by atoms with Gasteiger partial charge in [0.1, 0.15) is 11.6 Å². The second kappa shape index (κ2) is 11.9. The Balaban J connectivity index is 1.13. The largest absolute Gasteiger partial charge is 0.353 e. The Morgan fingerprint density at radius 2 is 1.86 bits per heavy atom. The number of hydrogen-bond acceptors (Lipinski definition) is 6. The average Bonchev–Trinajstić information content (AvgIpc) is 3.47. The first-order valence-electron chi connectivity index (χ1n) is 13.2. The van der Waals surface area contributed by atoms with E-state index < -0.39 is 0 Å². The van der Waals surface area contributed by atoms with Crippen LogP contribution in [0.1, 0.15) is 43.0 Å². The van der Waals surface area contributed by atoms with E-state index in [1.807, 2.05) is 24.4 Å². The van der Waals surface area contributed by atoms with Crippen molar-refractivity contribution in [3.63, 3.8) is 0 Å². The van der Waals surface area contributed by atoms with Gasteiger partial charge in [0.15, 0.2) is 5.78 Å². The molecule has 2 aliphatic rings. The highest BCUT2D eigenvalue weighted by Gasteiger charge is 2.34. The molecule has 4 heterocycles. The zero-order valence-electron chi connectivity index (χ0n) is 21.2. The van der Waals surface area contributed by atoms with Crippen molar-refractivity contribution in [1.29, 1.82) is 0 Å². The van der Waals surface area contributed by atoms with Gasteiger partial charge in [0.2, 0.25) is 0 Å². The molecule has 2 fully saturated rings. The quantitative estimate of drug-likeness (QED) is 0.385. The number of aromatic nitrogens is 3. The number of piperidine rings is 1. The number of carbonyl (C=O) groups is 1. The number of ketones is 1. The minimum atomic E-state index is 0.186. The summed E-state index contributed by atoms with van der Waals surface area (Å²) in [6, 6.07) is 10.2. The number of pyridine rings is 1. The van der Waals surface area contributed by atoms with E-state index in [0.717, 1.165) is 81.3 Å². The van der Waals surface area contributed by atoms with Crippen molar-refractivity contribution in [3.05, 3.63) is 64.5 Å². The number of anilines is 1. The molecule has 2 aromatic heterocycles. The van der Waals surface area contributed by atoms with E-state index in [2.05, 4.69) is 31.6 Å². The summed E-state index contributed by atoms with van der Waals surface area (Å²) in [4.78, 5) is 32.1. The number of hydrogen-bond donors (Lipinski definition) is 1. The molecular formula is C28H34Cl2N6O. The third-order valence-electron chi connectivity index (χ3n) is 7.74. The van der Waals surface area contributed by atoms with Crippen LogP contribution < -0.4 is 4.90 Å². The fourth-order valence-corrected chi connectivity index (χ4v) is 6.05. The highest BCUT2D eigenvalue weighted by atomic mass is 35.5. The van der Waals surface area contributed by atoms with Crippen LogP contribution in [0.2, 0.25) is 10.0 Å². The van der Waals surface area contributed by atoms with Crippen LogP contribution in [-0.4, -0.2) is 81.9 Å². The van der Waals surface area contributed by atoms with Crippen molar-refractivity contribution in [3.8, 4) is 11.4 Å². The Morgan fingerprint density at radius 3 is 2.54 bits per heavy atom. The van der Waals surface area contributed by atoms with E-state index in [-0.39, 0.29) is 5.78 Å². The van der Waals surface area contributed by atoms with E-state index in [4.69, 9.17) is 28.2 Å². The van der Waals surface area contributed by atoms with Crippen LogP contribution in [0.3, 0.4) is 0 Å². The summed E-state index contributed by atoms with van der Waals surface area (Å²) >= 11 is 12.6. The van der Waals surface area contributed by atoms with Crippen molar-refractivity contribution in [2.75, 3.05) is 44.2 Å². The van der Waals surface area contributed by atoms with Gasteiger partial charge in [-0.1, -0.05) is 30.1 Å². The molecule has 1 atom stereocenters. The van der Waals surface area contributed by atoms with E-state index >= 15 is 0 Å². The Labute approximate surface area is 228 Å². The van der Waals surface area contributed by atoms with E-state index in [1.165, 1.54) is 0 Å². The molecule has 0 amide bonds. The third kappa shape index (κ3) is 6.17. The van der Waals surface area contributed by atoms with E-state index in [1.54, 1.807) is 24.5 Å². The number of carbonyl (C=O) groups excluding carboxylic acids is 1. The lowest BCUT2D eigenvalue weighted by Crippen LogP contribution is -2.58. The molecule has 196 valence electrons. The van der Waals surface area contributed by atoms with Gasteiger partial charge in [-0.2, -0.15) is 0 Å². The number of aromatic amines is 1. The molecule has 3 aromatic rings. The third-order valence-corrected chi connectivity index (χ3v) is 8.27. The van der Waals surface area contributed by atoms with Crippen molar-refractivity contribution in [1.82, 2.24) is 24.8 Å². The fraction of sp³-hybridized carbons (Fsp3) is 0.464. The molecule has 1 N–H and O–H groups in total. The molecule has 7 nitrogen and oxygen atoms in total. The zero-order valence-corrected chi connectivity index (χ0v) is 22.8. The molecule has 37 heavy (non-hydrogen) atoms.